The van der Waals surface area contributed by atoms with Crippen molar-refractivity contribution >= 4 is 5.91 Å². The Bertz CT molecular complexity index is 262. The lowest BCUT2D eigenvalue weighted by atomic mass is 9.93. The molecule has 15 heavy (non-hydrogen) atoms. The van der Waals surface area contributed by atoms with Gasteiger partial charge in [-0.3, -0.25) is 4.79 Å². The molecule has 3 heteroatoms. The van der Waals surface area contributed by atoms with E-state index in [1.807, 2.05) is 4.90 Å². The maximum atomic E-state index is 11.8. The van der Waals surface area contributed by atoms with Crippen molar-refractivity contribution in [3.05, 3.63) is 12.2 Å². The van der Waals surface area contributed by atoms with Gasteiger partial charge in [0.05, 0.1) is 6.04 Å². The molecule has 2 N–H and O–H groups in total. The number of carbonyl (C=O) groups excluding carboxylic acids is 1. The Balaban J connectivity index is 1.87. The number of hydrogen-bond acceptors (Lipinski definition) is 2. The summed E-state index contributed by atoms with van der Waals surface area (Å²) in [7, 11) is 0. The molecular weight excluding hydrogens is 188 g/mol. The fourth-order valence-electron chi connectivity index (χ4n) is 2.49. The third-order valence-electron chi connectivity index (χ3n) is 3.43. The summed E-state index contributed by atoms with van der Waals surface area (Å²) >= 11 is 0. The first-order valence-corrected chi connectivity index (χ1v) is 5.97. The van der Waals surface area contributed by atoms with Crippen molar-refractivity contribution in [1.82, 2.24) is 4.90 Å². The average molecular weight is 208 g/mol. The zero-order chi connectivity index (χ0) is 10.7. The van der Waals surface area contributed by atoms with Gasteiger partial charge in [-0.25, -0.2) is 0 Å². The number of nitrogens with zero attached hydrogens (tertiary/aromatic N) is 1. The van der Waals surface area contributed by atoms with Crippen LogP contribution in [0.1, 0.15) is 32.1 Å². The Morgan fingerprint density at radius 3 is 3.00 bits per heavy atom. The van der Waals surface area contributed by atoms with Crippen molar-refractivity contribution < 1.29 is 4.79 Å². The molecule has 0 aromatic rings. The Morgan fingerprint density at radius 1 is 1.40 bits per heavy atom. The largest absolute Gasteiger partial charge is 0.341 e. The molecule has 1 fully saturated rings. The minimum absolute atomic E-state index is 0.163. The number of rotatable bonds is 2. The molecule has 2 atom stereocenters. The van der Waals surface area contributed by atoms with E-state index in [1.165, 1.54) is 12.8 Å². The number of hydrogen-bond donors (Lipinski definition) is 1. The number of nitrogens with two attached hydrogens (primary N) is 1. The van der Waals surface area contributed by atoms with Crippen molar-refractivity contribution in [2.45, 2.75) is 38.1 Å². The molecule has 3 nitrogen and oxygen atoms in total. The van der Waals surface area contributed by atoms with Crippen molar-refractivity contribution in [2.24, 2.45) is 11.7 Å². The number of amides is 1. The molecule has 2 rings (SSSR count). The predicted molar refractivity (Wildman–Crippen MR) is 60.3 cm³/mol. The summed E-state index contributed by atoms with van der Waals surface area (Å²) in [5.74, 6) is 0.819. The van der Waals surface area contributed by atoms with Gasteiger partial charge in [-0.1, -0.05) is 12.2 Å². The van der Waals surface area contributed by atoms with Gasteiger partial charge in [0.1, 0.15) is 0 Å². The predicted octanol–water partition coefficient (Wildman–Crippen LogP) is 1.29. The molecule has 1 heterocycles. The van der Waals surface area contributed by atoms with E-state index in [4.69, 9.17) is 5.73 Å². The van der Waals surface area contributed by atoms with E-state index >= 15 is 0 Å². The summed E-state index contributed by atoms with van der Waals surface area (Å²) in [5, 5.41) is 0. The minimum atomic E-state index is -0.238. The van der Waals surface area contributed by atoms with Crippen molar-refractivity contribution in [2.75, 3.05) is 13.1 Å². The van der Waals surface area contributed by atoms with Crippen molar-refractivity contribution in [1.29, 1.82) is 0 Å². The standard InChI is InChI=1S/C12H20N2O/c13-11-7-4-8-14(12(11)15)9-10-5-2-1-3-6-10/h1-2,10-11H,3-9,13H2. The summed E-state index contributed by atoms with van der Waals surface area (Å²) < 4.78 is 0. The van der Waals surface area contributed by atoms with Gasteiger partial charge in [0.2, 0.25) is 5.91 Å². The van der Waals surface area contributed by atoms with E-state index in [-0.39, 0.29) is 11.9 Å². The summed E-state index contributed by atoms with van der Waals surface area (Å²) in [6, 6.07) is -0.238. The number of allylic oxidation sites excluding steroid dienone is 2. The SMILES string of the molecule is NC1CCCN(CC2CC=CCC2)C1=O. The molecule has 84 valence electrons. The lowest BCUT2D eigenvalue weighted by Crippen LogP contribution is -2.49. The highest BCUT2D eigenvalue weighted by atomic mass is 16.2. The Kier molecular flexibility index (Phi) is 3.41. The van der Waals surface area contributed by atoms with E-state index in [1.54, 1.807) is 0 Å². The lowest BCUT2D eigenvalue weighted by Gasteiger charge is -2.33. The monoisotopic (exact) mass is 208 g/mol. The second-order valence-corrected chi connectivity index (χ2v) is 4.68. The van der Waals surface area contributed by atoms with Gasteiger partial charge in [0.25, 0.3) is 0 Å². The first kappa shape index (κ1) is 10.7. The molecule has 0 saturated carbocycles. The Morgan fingerprint density at radius 2 is 2.27 bits per heavy atom. The summed E-state index contributed by atoms with van der Waals surface area (Å²) in [4.78, 5) is 13.8. The zero-order valence-electron chi connectivity index (χ0n) is 9.19. The molecule has 1 amide bonds. The molecule has 0 bridgehead atoms. The van der Waals surface area contributed by atoms with Crippen LogP contribution in [0, 0.1) is 5.92 Å². The number of likely N-dealkylation sites (tertiary alicyclic amines) is 1. The van der Waals surface area contributed by atoms with Gasteiger partial charge in [-0.2, -0.15) is 0 Å². The number of piperidine rings is 1. The highest BCUT2D eigenvalue weighted by Crippen LogP contribution is 2.21. The van der Waals surface area contributed by atoms with Crippen molar-refractivity contribution in [3.63, 3.8) is 0 Å². The maximum absolute atomic E-state index is 11.8. The summed E-state index contributed by atoms with van der Waals surface area (Å²) in [6.45, 7) is 1.82. The van der Waals surface area contributed by atoms with Crippen molar-refractivity contribution in [3.8, 4) is 0 Å². The van der Waals surface area contributed by atoms with Crippen LogP contribution in [0.15, 0.2) is 12.2 Å². The average Bonchev–Trinajstić information content (AvgIpc) is 2.26. The lowest BCUT2D eigenvalue weighted by molar-refractivity contribution is -0.135. The van der Waals surface area contributed by atoms with E-state index in [9.17, 15) is 4.79 Å². The van der Waals surface area contributed by atoms with Gasteiger partial charge in [0, 0.05) is 13.1 Å². The first-order chi connectivity index (χ1) is 7.27. The molecule has 1 aliphatic heterocycles. The van der Waals surface area contributed by atoms with Crippen LogP contribution in [0.5, 0.6) is 0 Å². The van der Waals surface area contributed by atoms with Crippen LogP contribution in [-0.4, -0.2) is 29.9 Å². The van der Waals surface area contributed by atoms with Gasteiger partial charge in [0.15, 0.2) is 0 Å². The third-order valence-corrected chi connectivity index (χ3v) is 3.43. The third kappa shape index (κ3) is 2.59. The molecular formula is C12H20N2O. The minimum Gasteiger partial charge on any atom is -0.341 e. The Hall–Kier alpha value is -0.830. The van der Waals surface area contributed by atoms with Gasteiger partial charge < -0.3 is 10.6 Å². The van der Waals surface area contributed by atoms with Gasteiger partial charge in [-0.15, -0.1) is 0 Å². The Labute approximate surface area is 91.3 Å². The van der Waals surface area contributed by atoms with E-state index in [0.717, 1.165) is 32.4 Å². The second kappa shape index (κ2) is 4.79. The topological polar surface area (TPSA) is 46.3 Å². The van der Waals surface area contributed by atoms with Gasteiger partial charge >= 0.3 is 0 Å². The number of carbonyl (C=O) groups is 1. The van der Waals surface area contributed by atoms with Gasteiger partial charge in [-0.05, 0) is 38.0 Å². The molecule has 0 aromatic carbocycles. The quantitative estimate of drug-likeness (QED) is 0.695. The second-order valence-electron chi connectivity index (χ2n) is 4.68. The van der Waals surface area contributed by atoms with Crippen LogP contribution in [0.25, 0.3) is 0 Å². The first-order valence-electron chi connectivity index (χ1n) is 5.97. The summed E-state index contributed by atoms with van der Waals surface area (Å²) in [5.41, 5.74) is 5.77. The van der Waals surface area contributed by atoms with Crippen LogP contribution in [0.4, 0.5) is 0 Å². The smallest absolute Gasteiger partial charge is 0.239 e. The van der Waals surface area contributed by atoms with Crippen LogP contribution >= 0.6 is 0 Å². The van der Waals surface area contributed by atoms with E-state index < -0.39 is 0 Å². The molecule has 0 radical (unpaired) electrons. The van der Waals surface area contributed by atoms with E-state index in [0.29, 0.717) is 5.92 Å². The molecule has 2 unspecified atom stereocenters. The van der Waals surface area contributed by atoms with Crippen LogP contribution in [0.3, 0.4) is 0 Å². The molecule has 1 saturated heterocycles. The highest BCUT2D eigenvalue weighted by Gasteiger charge is 2.27. The maximum Gasteiger partial charge on any atom is 0.239 e. The molecule has 1 aliphatic carbocycles. The normalized spacial score (nSPS) is 32.1. The summed E-state index contributed by atoms with van der Waals surface area (Å²) in [6.07, 6.45) is 9.91. The molecule has 0 spiro atoms. The molecule has 0 aromatic heterocycles. The van der Waals surface area contributed by atoms with Crippen LogP contribution in [0.2, 0.25) is 0 Å². The van der Waals surface area contributed by atoms with Crippen LogP contribution < -0.4 is 5.73 Å². The zero-order valence-corrected chi connectivity index (χ0v) is 9.19. The fourth-order valence-corrected chi connectivity index (χ4v) is 2.49. The molecule has 2 aliphatic rings. The van der Waals surface area contributed by atoms with E-state index in [2.05, 4.69) is 12.2 Å². The highest BCUT2D eigenvalue weighted by molar-refractivity contribution is 5.82. The van der Waals surface area contributed by atoms with Crippen LogP contribution in [-0.2, 0) is 4.79 Å². The fraction of sp³-hybridized carbons (Fsp3) is 0.750.